The van der Waals surface area contributed by atoms with E-state index in [9.17, 15) is 0 Å². The van der Waals surface area contributed by atoms with E-state index in [1.165, 1.54) is 11.4 Å². The third-order valence-corrected chi connectivity index (χ3v) is 4.24. The summed E-state index contributed by atoms with van der Waals surface area (Å²) in [7, 11) is 0. The van der Waals surface area contributed by atoms with Gasteiger partial charge in [0.2, 0.25) is 0 Å². The van der Waals surface area contributed by atoms with E-state index in [-0.39, 0.29) is 0 Å². The molecule has 104 valence electrons. The number of rotatable bonds is 2. The van der Waals surface area contributed by atoms with Crippen LogP contribution in [0.5, 0.6) is 0 Å². The highest BCUT2D eigenvalue weighted by atomic mass is 79.9. The number of benzene rings is 1. The monoisotopic (exact) mass is 332 g/mol. The van der Waals surface area contributed by atoms with E-state index >= 15 is 0 Å². The number of nitrogens with two attached hydrogens (primary N) is 1. The van der Waals surface area contributed by atoms with Crippen molar-refractivity contribution in [2.24, 2.45) is 0 Å². The Bertz CT molecular complexity index is 577. The van der Waals surface area contributed by atoms with Crippen LogP contribution in [0.15, 0.2) is 47.2 Å². The minimum Gasteiger partial charge on any atom is -0.399 e. The van der Waals surface area contributed by atoms with Crippen LogP contribution < -0.4 is 15.5 Å². The highest BCUT2D eigenvalue weighted by molar-refractivity contribution is 9.10. The van der Waals surface area contributed by atoms with Crippen molar-refractivity contribution in [3.05, 3.63) is 47.2 Å². The summed E-state index contributed by atoms with van der Waals surface area (Å²) in [5.41, 5.74) is 9.01. The van der Waals surface area contributed by atoms with Crippen LogP contribution >= 0.6 is 15.9 Å². The summed E-state index contributed by atoms with van der Waals surface area (Å²) < 4.78 is 1.06. The lowest BCUT2D eigenvalue weighted by atomic mass is 10.2. The van der Waals surface area contributed by atoms with Gasteiger partial charge < -0.3 is 15.5 Å². The SMILES string of the molecule is Nc1ccc(N2CCN(c3ccncc3Br)CC2)cc1. The molecule has 2 heterocycles. The quantitative estimate of drug-likeness (QED) is 0.859. The summed E-state index contributed by atoms with van der Waals surface area (Å²) in [5, 5.41) is 0. The van der Waals surface area contributed by atoms with Crippen molar-refractivity contribution in [2.75, 3.05) is 41.7 Å². The first kappa shape index (κ1) is 13.2. The maximum Gasteiger partial charge on any atom is 0.0592 e. The standard InChI is InChI=1S/C15H17BrN4/c16-14-11-18-6-5-15(14)20-9-7-19(8-10-20)13-3-1-12(17)2-4-13/h1-6,11H,7-10,17H2. The van der Waals surface area contributed by atoms with Crippen molar-refractivity contribution in [1.29, 1.82) is 0 Å². The lowest BCUT2D eigenvalue weighted by Crippen LogP contribution is -2.46. The molecule has 0 unspecified atom stereocenters. The number of anilines is 3. The van der Waals surface area contributed by atoms with Crippen molar-refractivity contribution in [3.8, 4) is 0 Å². The van der Waals surface area contributed by atoms with E-state index in [0.29, 0.717) is 0 Å². The fourth-order valence-corrected chi connectivity index (χ4v) is 3.02. The maximum atomic E-state index is 5.73. The number of aromatic nitrogens is 1. The summed E-state index contributed by atoms with van der Waals surface area (Å²) in [6, 6.07) is 10.2. The first-order valence-electron chi connectivity index (χ1n) is 6.69. The van der Waals surface area contributed by atoms with Gasteiger partial charge in [-0.05, 0) is 46.3 Å². The van der Waals surface area contributed by atoms with Crippen LogP contribution in [0.1, 0.15) is 0 Å². The van der Waals surface area contributed by atoms with E-state index in [1.807, 2.05) is 24.5 Å². The van der Waals surface area contributed by atoms with Crippen LogP contribution in [0, 0.1) is 0 Å². The molecule has 1 saturated heterocycles. The van der Waals surface area contributed by atoms with E-state index < -0.39 is 0 Å². The molecule has 20 heavy (non-hydrogen) atoms. The van der Waals surface area contributed by atoms with Crippen LogP contribution in [0.3, 0.4) is 0 Å². The Morgan fingerprint density at radius 3 is 2.25 bits per heavy atom. The molecule has 0 radical (unpaired) electrons. The van der Waals surface area contributed by atoms with Gasteiger partial charge in [0.1, 0.15) is 0 Å². The van der Waals surface area contributed by atoms with Crippen molar-refractivity contribution in [1.82, 2.24) is 4.98 Å². The molecule has 0 saturated carbocycles. The molecule has 5 heteroatoms. The van der Waals surface area contributed by atoms with Crippen molar-refractivity contribution < 1.29 is 0 Å². The second kappa shape index (κ2) is 5.71. The first-order valence-corrected chi connectivity index (χ1v) is 7.48. The average Bonchev–Trinajstić information content (AvgIpc) is 2.49. The molecule has 1 fully saturated rings. The van der Waals surface area contributed by atoms with Gasteiger partial charge in [0.05, 0.1) is 10.2 Å². The summed E-state index contributed by atoms with van der Waals surface area (Å²) in [6.07, 6.45) is 3.69. The van der Waals surface area contributed by atoms with E-state index in [2.05, 4.69) is 48.9 Å². The minimum atomic E-state index is 0.813. The highest BCUT2D eigenvalue weighted by Gasteiger charge is 2.18. The molecule has 0 bridgehead atoms. The van der Waals surface area contributed by atoms with Gasteiger partial charge in [-0.1, -0.05) is 0 Å². The number of pyridine rings is 1. The van der Waals surface area contributed by atoms with Crippen LogP contribution in [-0.2, 0) is 0 Å². The number of hydrogen-bond donors (Lipinski definition) is 1. The molecule has 0 atom stereocenters. The number of nitrogen functional groups attached to an aromatic ring is 1. The molecular weight excluding hydrogens is 316 g/mol. The lowest BCUT2D eigenvalue weighted by Gasteiger charge is -2.37. The van der Waals surface area contributed by atoms with Gasteiger partial charge >= 0.3 is 0 Å². The zero-order valence-corrected chi connectivity index (χ0v) is 12.8. The number of nitrogens with zero attached hydrogens (tertiary/aromatic N) is 3. The van der Waals surface area contributed by atoms with Gasteiger partial charge in [-0.2, -0.15) is 0 Å². The molecule has 2 N–H and O–H groups in total. The maximum absolute atomic E-state index is 5.73. The molecule has 3 rings (SSSR count). The largest absolute Gasteiger partial charge is 0.399 e. The van der Waals surface area contributed by atoms with Crippen LogP contribution in [0.25, 0.3) is 0 Å². The molecule has 0 spiro atoms. The Morgan fingerprint density at radius 1 is 0.950 bits per heavy atom. The lowest BCUT2D eigenvalue weighted by molar-refractivity contribution is 0.652. The third kappa shape index (κ3) is 2.72. The van der Waals surface area contributed by atoms with Gasteiger partial charge in [-0.15, -0.1) is 0 Å². The Hall–Kier alpha value is -1.75. The van der Waals surface area contributed by atoms with Gasteiger partial charge in [-0.25, -0.2) is 0 Å². The Morgan fingerprint density at radius 2 is 1.60 bits per heavy atom. The predicted molar refractivity (Wildman–Crippen MR) is 87.2 cm³/mol. The second-order valence-electron chi connectivity index (χ2n) is 4.89. The molecule has 1 aliphatic heterocycles. The van der Waals surface area contributed by atoms with Crippen molar-refractivity contribution in [3.63, 3.8) is 0 Å². The van der Waals surface area contributed by atoms with Crippen molar-refractivity contribution in [2.45, 2.75) is 0 Å². The summed E-state index contributed by atoms with van der Waals surface area (Å²) >= 11 is 3.57. The smallest absolute Gasteiger partial charge is 0.0592 e. The highest BCUT2D eigenvalue weighted by Crippen LogP contribution is 2.26. The van der Waals surface area contributed by atoms with E-state index in [0.717, 1.165) is 36.3 Å². The Labute approximate surface area is 127 Å². The molecule has 1 aliphatic rings. The predicted octanol–water partition coefficient (Wildman–Crippen LogP) is 2.75. The molecular formula is C15H17BrN4. The second-order valence-corrected chi connectivity index (χ2v) is 5.75. The van der Waals surface area contributed by atoms with Gasteiger partial charge in [-0.3, -0.25) is 4.98 Å². The zero-order valence-electron chi connectivity index (χ0n) is 11.2. The average molecular weight is 333 g/mol. The van der Waals surface area contributed by atoms with Crippen LogP contribution in [-0.4, -0.2) is 31.2 Å². The summed E-state index contributed by atoms with van der Waals surface area (Å²) in [5.74, 6) is 0. The summed E-state index contributed by atoms with van der Waals surface area (Å²) in [4.78, 5) is 8.90. The van der Waals surface area contributed by atoms with E-state index in [1.54, 1.807) is 0 Å². The fourth-order valence-electron chi connectivity index (χ4n) is 2.52. The Kier molecular flexibility index (Phi) is 3.78. The normalized spacial score (nSPS) is 15.4. The number of hydrogen-bond acceptors (Lipinski definition) is 4. The van der Waals surface area contributed by atoms with Gasteiger partial charge in [0.25, 0.3) is 0 Å². The molecule has 2 aromatic rings. The molecule has 0 aliphatic carbocycles. The molecule has 1 aromatic carbocycles. The summed E-state index contributed by atoms with van der Waals surface area (Å²) in [6.45, 7) is 4.04. The molecule has 4 nitrogen and oxygen atoms in total. The van der Waals surface area contributed by atoms with Gasteiger partial charge in [0.15, 0.2) is 0 Å². The number of piperazine rings is 1. The van der Waals surface area contributed by atoms with Crippen LogP contribution in [0.2, 0.25) is 0 Å². The Balaban J connectivity index is 1.68. The van der Waals surface area contributed by atoms with Crippen molar-refractivity contribution >= 4 is 33.0 Å². The molecule has 1 aromatic heterocycles. The third-order valence-electron chi connectivity index (χ3n) is 3.63. The van der Waals surface area contributed by atoms with Crippen LogP contribution in [0.4, 0.5) is 17.1 Å². The fraction of sp³-hybridized carbons (Fsp3) is 0.267. The van der Waals surface area contributed by atoms with E-state index in [4.69, 9.17) is 5.73 Å². The zero-order chi connectivity index (χ0) is 13.9. The minimum absolute atomic E-state index is 0.813. The topological polar surface area (TPSA) is 45.4 Å². The van der Waals surface area contributed by atoms with Gasteiger partial charge in [0, 0.05) is 49.9 Å². The first-order chi connectivity index (χ1) is 9.74. The number of halogens is 1. The molecule has 0 amide bonds.